The van der Waals surface area contributed by atoms with E-state index >= 15 is 4.39 Å². The van der Waals surface area contributed by atoms with E-state index in [0.29, 0.717) is 24.5 Å². The standard InChI is InChI=1S/C26H38FN5O5/c1-24(2,3)36-22(34)29-20-13-32(14-26(20)9-10-26)19-12-18(28-15-7-8-15)16(11-17(19)27)21(33)30-31-23(35)37-25(4,5)6/h11-12,15,20,28H,7-10,13-14H2,1-6H3,(H,29,34)(H,30,33)(H,31,35)/t20-/m1/s1. The number of halogens is 1. The molecule has 0 bridgehead atoms. The molecule has 2 saturated carbocycles. The van der Waals surface area contributed by atoms with Gasteiger partial charge in [0.25, 0.3) is 5.91 Å². The van der Waals surface area contributed by atoms with Gasteiger partial charge in [-0.2, -0.15) is 0 Å². The van der Waals surface area contributed by atoms with Crippen LogP contribution in [0.2, 0.25) is 0 Å². The molecule has 1 aromatic rings. The van der Waals surface area contributed by atoms with Gasteiger partial charge in [0.05, 0.1) is 17.3 Å². The Morgan fingerprint density at radius 3 is 2.16 bits per heavy atom. The molecule has 1 saturated heterocycles. The summed E-state index contributed by atoms with van der Waals surface area (Å²) in [4.78, 5) is 39.1. The molecule has 1 heterocycles. The van der Waals surface area contributed by atoms with Gasteiger partial charge in [-0.15, -0.1) is 0 Å². The predicted molar refractivity (Wildman–Crippen MR) is 137 cm³/mol. The number of nitrogens with zero attached hydrogens (tertiary/aromatic N) is 1. The Labute approximate surface area is 217 Å². The average Bonchev–Trinajstić information content (AvgIpc) is 3.65. The van der Waals surface area contributed by atoms with Crippen molar-refractivity contribution in [2.75, 3.05) is 23.3 Å². The highest BCUT2D eigenvalue weighted by molar-refractivity contribution is 6.01. The third-order valence-corrected chi connectivity index (χ3v) is 6.52. The number of nitrogens with one attached hydrogen (secondary N) is 4. The van der Waals surface area contributed by atoms with E-state index < -0.39 is 35.1 Å². The van der Waals surface area contributed by atoms with Crippen LogP contribution in [-0.2, 0) is 9.47 Å². The number of carbonyl (C=O) groups excluding carboxylic acids is 3. The topological polar surface area (TPSA) is 121 Å². The van der Waals surface area contributed by atoms with Gasteiger partial charge < -0.3 is 25.0 Å². The van der Waals surface area contributed by atoms with Crippen LogP contribution in [-0.4, -0.2) is 54.5 Å². The van der Waals surface area contributed by atoms with E-state index in [1.165, 1.54) is 6.07 Å². The molecule has 4 N–H and O–H groups in total. The molecule has 0 radical (unpaired) electrons. The fourth-order valence-corrected chi connectivity index (χ4v) is 4.51. The number of carbonyl (C=O) groups is 3. The van der Waals surface area contributed by atoms with Crippen molar-refractivity contribution >= 4 is 29.5 Å². The van der Waals surface area contributed by atoms with Crippen LogP contribution in [0.1, 0.15) is 77.6 Å². The molecular formula is C26H38FN5O5. The van der Waals surface area contributed by atoms with Crippen molar-refractivity contribution in [3.05, 3.63) is 23.5 Å². The maximum Gasteiger partial charge on any atom is 0.426 e. The molecule has 1 spiro atoms. The second-order valence-corrected chi connectivity index (χ2v) is 12.3. The molecule has 1 aliphatic heterocycles. The average molecular weight is 520 g/mol. The van der Waals surface area contributed by atoms with Gasteiger partial charge in [-0.1, -0.05) is 0 Å². The van der Waals surface area contributed by atoms with E-state index in [-0.39, 0.29) is 23.1 Å². The van der Waals surface area contributed by atoms with Crippen molar-refractivity contribution in [1.82, 2.24) is 16.2 Å². The summed E-state index contributed by atoms with van der Waals surface area (Å²) in [5.41, 5.74) is 3.98. The third kappa shape index (κ3) is 6.95. The molecule has 3 fully saturated rings. The molecule has 4 rings (SSSR count). The molecule has 1 aromatic carbocycles. The van der Waals surface area contributed by atoms with Crippen LogP contribution < -0.4 is 26.4 Å². The zero-order valence-corrected chi connectivity index (χ0v) is 22.4. The summed E-state index contributed by atoms with van der Waals surface area (Å²) in [6.45, 7) is 11.6. The fourth-order valence-electron chi connectivity index (χ4n) is 4.51. The van der Waals surface area contributed by atoms with E-state index in [1.54, 1.807) is 26.8 Å². The first-order valence-corrected chi connectivity index (χ1v) is 12.8. The highest BCUT2D eigenvalue weighted by atomic mass is 19.1. The minimum Gasteiger partial charge on any atom is -0.444 e. The van der Waals surface area contributed by atoms with Gasteiger partial charge in [0.15, 0.2) is 0 Å². The molecule has 2 aliphatic carbocycles. The number of hydrogen-bond donors (Lipinski definition) is 4. The Bertz CT molecular complexity index is 1070. The van der Waals surface area contributed by atoms with Crippen LogP contribution in [0.3, 0.4) is 0 Å². The van der Waals surface area contributed by atoms with Gasteiger partial charge in [-0.3, -0.25) is 10.2 Å². The highest BCUT2D eigenvalue weighted by Crippen LogP contribution is 2.54. The number of hydrogen-bond acceptors (Lipinski definition) is 7. The Balaban J connectivity index is 1.49. The number of hydrazine groups is 1. The summed E-state index contributed by atoms with van der Waals surface area (Å²) in [5.74, 6) is -1.22. The Morgan fingerprint density at radius 1 is 0.973 bits per heavy atom. The van der Waals surface area contributed by atoms with Crippen molar-refractivity contribution in [3.8, 4) is 0 Å². The molecule has 204 valence electrons. The van der Waals surface area contributed by atoms with Crippen LogP contribution in [0.4, 0.5) is 25.4 Å². The van der Waals surface area contributed by atoms with Crippen molar-refractivity contribution in [2.45, 2.75) is 90.5 Å². The van der Waals surface area contributed by atoms with Crippen molar-refractivity contribution < 1.29 is 28.2 Å². The third-order valence-electron chi connectivity index (χ3n) is 6.52. The minimum atomic E-state index is -0.815. The Morgan fingerprint density at radius 2 is 1.59 bits per heavy atom. The van der Waals surface area contributed by atoms with Crippen LogP contribution in [0.15, 0.2) is 12.1 Å². The number of rotatable bonds is 5. The molecular weight excluding hydrogens is 481 g/mol. The van der Waals surface area contributed by atoms with Crippen molar-refractivity contribution in [1.29, 1.82) is 0 Å². The number of benzene rings is 1. The SMILES string of the molecule is CC(C)(C)OC(=O)NNC(=O)c1cc(F)c(N2C[C@@H](NC(=O)OC(C)(C)C)C3(CC3)C2)cc1NC1CC1. The van der Waals surface area contributed by atoms with Crippen LogP contribution >= 0.6 is 0 Å². The molecule has 10 nitrogen and oxygen atoms in total. The molecule has 0 unspecified atom stereocenters. The zero-order chi connectivity index (χ0) is 27.2. The van der Waals surface area contributed by atoms with Gasteiger partial charge in [0, 0.05) is 30.2 Å². The first-order valence-electron chi connectivity index (χ1n) is 12.8. The van der Waals surface area contributed by atoms with E-state index in [0.717, 1.165) is 25.7 Å². The second kappa shape index (κ2) is 9.57. The lowest BCUT2D eigenvalue weighted by atomic mass is 10.0. The maximum atomic E-state index is 15.4. The maximum absolute atomic E-state index is 15.4. The molecule has 3 amide bonds. The van der Waals surface area contributed by atoms with Gasteiger partial charge in [0.2, 0.25) is 0 Å². The van der Waals surface area contributed by atoms with Gasteiger partial charge in [0.1, 0.15) is 17.0 Å². The monoisotopic (exact) mass is 519 g/mol. The first kappa shape index (κ1) is 26.8. The molecule has 37 heavy (non-hydrogen) atoms. The zero-order valence-electron chi connectivity index (χ0n) is 22.4. The quantitative estimate of drug-likeness (QED) is 0.433. The molecule has 0 aromatic heterocycles. The smallest absolute Gasteiger partial charge is 0.426 e. The lowest BCUT2D eigenvalue weighted by Gasteiger charge is -2.24. The summed E-state index contributed by atoms with van der Waals surface area (Å²) < 4.78 is 26.0. The lowest BCUT2D eigenvalue weighted by Crippen LogP contribution is -2.44. The van der Waals surface area contributed by atoms with Gasteiger partial charge in [-0.25, -0.2) is 19.4 Å². The first-order chi connectivity index (χ1) is 17.1. The summed E-state index contributed by atoms with van der Waals surface area (Å²) in [6.07, 6.45) is 2.50. The van der Waals surface area contributed by atoms with E-state index in [1.807, 2.05) is 25.7 Å². The lowest BCUT2D eigenvalue weighted by molar-refractivity contribution is 0.0478. The fraction of sp³-hybridized carbons (Fsp3) is 0.654. The molecule has 11 heteroatoms. The summed E-state index contributed by atoms with van der Waals surface area (Å²) in [7, 11) is 0. The van der Waals surface area contributed by atoms with Gasteiger partial charge in [-0.05, 0) is 79.4 Å². The molecule has 1 atom stereocenters. The molecule has 3 aliphatic rings. The normalized spacial score (nSPS) is 20.3. The number of anilines is 2. The van der Waals surface area contributed by atoms with Crippen molar-refractivity contribution in [2.24, 2.45) is 5.41 Å². The number of ether oxygens (including phenoxy) is 2. The van der Waals surface area contributed by atoms with E-state index in [4.69, 9.17) is 9.47 Å². The summed E-state index contributed by atoms with van der Waals surface area (Å²) in [5, 5.41) is 6.28. The van der Waals surface area contributed by atoms with Crippen LogP contribution in [0.25, 0.3) is 0 Å². The minimum absolute atomic E-state index is 0.0768. The predicted octanol–water partition coefficient (Wildman–Crippen LogP) is 4.06. The van der Waals surface area contributed by atoms with Crippen LogP contribution in [0.5, 0.6) is 0 Å². The second-order valence-electron chi connectivity index (χ2n) is 12.3. The summed E-state index contributed by atoms with van der Waals surface area (Å²) >= 11 is 0. The van der Waals surface area contributed by atoms with Crippen molar-refractivity contribution in [3.63, 3.8) is 0 Å². The Kier molecular flexibility index (Phi) is 6.94. The number of amides is 3. The summed E-state index contributed by atoms with van der Waals surface area (Å²) in [6, 6.07) is 2.86. The Hall–Kier alpha value is -3.24. The highest BCUT2D eigenvalue weighted by Gasteiger charge is 2.56. The van der Waals surface area contributed by atoms with E-state index in [9.17, 15) is 14.4 Å². The van der Waals surface area contributed by atoms with Crippen LogP contribution in [0, 0.1) is 11.2 Å². The van der Waals surface area contributed by atoms with Gasteiger partial charge >= 0.3 is 12.2 Å². The number of alkyl carbamates (subject to hydrolysis) is 1. The van der Waals surface area contributed by atoms with E-state index in [2.05, 4.69) is 21.5 Å². The largest absolute Gasteiger partial charge is 0.444 e.